The quantitative estimate of drug-likeness (QED) is 0.718. The monoisotopic (exact) mass is 316 g/mol. The maximum atomic E-state index is 12.2. The van der Waals surface area contributed by atoms with Gasteiger partial charge in [-0.1, -0.05) is 25.7 Å². The minimum absolute atomic E-state index is 0.243. The summed E-state index contributed by atoms with van der Waals surface area (Å²) in [6.07, 6.45) is 0.496. The van der Waals surface area contributed by atoms with E-state index in [4.69, 9.17) is 5.73 Å². The molecule has 0 spiro atoms. The van der Waals surface area contributed by atoms with Crippen LogP contribution < -0.4 is 11.1 Å². The Bertz CT molecular complexity index is 616. The first-order valence-electron chi connectivity index (χ1n) is 7.54. The number of primary amides is 1. The predicted molar refractivity (Wildman–Crippen MR) is 89.5 cm³/mol. The van der Waals surface area contributed by atoms with Crippen LogP contribution in [0.3, 0.4) is 0 Å². The van der Waals surface area contributed by atoms with Gasteiger partial charge in [-0.2, -0.15) is 0 Å². The number of amides is 2. The fourth-order valence-electron chi connectivity index (χ4n) is 1.89. The van der Waals surface area contributed by atoms with Crippen LogP contribution in [0, 0.1) is 17.8 Å². The number of carbonyl (C=O) groups is 2. The van der Waals surface area contributed by atoms with E-state index >= 15 is 0 Å². The molecule has 0 aromatic heterocycles. The number of rotatable bonds is 5. The normalized spacial score (nSPS) is 12.3. The van der Waals surface area contributed by atoms with Crippen LogP contribution in [-0.2, 0) is 4.79 Å². The summed E-state index contributed by atoms with van der Waals surface area (Å²) in [7, 11) is 0. The molecule has 0 radical (unpaired) electrons. The second-order valence-electron chi connectivity index (χ2n) is 6.44. The summed E-state index contributed by atoms with van der Waals surface area (Å²) in [5.41, 5.74) is 5.37. The summed E-state index contributed by atoms with van der Waals surface area (Å²) in [6, 6.07) is 5.94. The molecule has 124 valence electrons. The van der Waals surface area contributed by atoms with Crippen molar-refractivity contribution in [2.75, 3.05) is 0 Å². The SMILES string of the molecule is CC(C)C[C@H](NC(=O)c1ccc(C#CC(C)(C)O)cc1)C(N)=O. The largest absolute Gasteiger partial charge is 0.378 e. The van der Waals surface area contributed by atoms with Crippen molar-refractivity contribution in [3.05, 3.63) is 35.4 Å². The fraction of sp³-hybridized carbons (Fsp3) is 0.444. The maximum Gasteiger partial charge on any atom is 0.251 e. The summed E-state index contributed by atoms with van der Waals surface area (Å²) < 4.78 is 0. The van der Waals surface area contributed by atoms with Gasteiger partial charge in [0, 0.05) is 11.1 Å². The van der Waals surface area contributed by atoms with Gasteiger partial charge in [-0.15, -0.1) is 0 Å². The Morgan fingerprint density at radius 3 is 2.26 bits per heavy atom. The second-order valence-corrected chi connectivity index (χ2v) is 6.44. The molecule has 5 heteroatoms. The number of nitrogens with one attached hydrogen (secondary N) is 1. The van der Waals surface area contributed by atoms with Crippen molar-refractivity contribution in [1.82, 2.24) is 5.32 Å². The van der Waals surface area contributed by atoms with Crippen LogP contribution in [0.1, 0.15) is 50.0 Å². The van der Waals surface area contributed by atoms with E-state index in [-0.39, 0.29) is 11.8 Å². The Hall–Kier alpha value is -2.32. The van der Waals surface area contributed by atoms with Gasteiger partial charge in [-0.25, -0.2) is 0 Å². The zero-order chi connectivity index (χ0) is 17.6. The van der Waals surface area contributed by atoms with E-state index in [9.17, 15) is 14.7 Å². The van der Waals surface area contributed by atoms with E-state index in [2.05, 4.69) is 17.2 Å². The lowest BCUT2D eigenvalue weighted by Gasteiger charge is -2.17. The minimum atomic E-state index is -1.07. The van der Waals surface area contributed by atoms with Gasteiger partial charge < -0.3 is 16.2 Å². The van der Waals surface area contributed by atoms with E-state index < -0.39 is 17.6 Å². The van der Waals surface area contributed by atoms with Gasteiger partial charge >= 0.3 is 0 Å². The van der Waals surface area contributed by atoms with Crippen molar-refractivity contribution < 1.29 is 14.7 Å². The van der Waals surface area contributed by atoms with Gasteiger partial charge in [0.1, 0.15) is 11.6 Å². The molecule has 1 aromatic rings. The third-order valence-corrected chi connectivity index (χ3v) is 3.02. The first-order valence-corrected chi connectivity index (χ1v) is 7.54. The Morgan fingerprint density at radius 2 is 1.83 bits per heavy atom. The third kappa shape index (κ3) is 6.98. The Morgan fingerprint density at radius 1 is 1.26 bits per heavy atom. The van der Waals surface area contributed by atoms with Crippen LogP contribution in [0.5, 0.6) is 0 Å². The highest BCUT2D eigenvalue weighted by molar-refractivity contribution is 5.97. The summed E-state index contributed by atoms with van der Waals surface area (Å²) in [6.45, 7) is 7.11. The molecule has 0 fully saturated rings. The molecule has 0 bridgehead atoms. The van der Waals surface area contributed by atoms with Gasteiger partial charge in [-0.05, 0) is 50.5 Å². The van der Waals surface area contributed by atoms with E-state index in [0.717, 1.165) is 0 Å². The van der Waals surface area contributed by atoms with Crippen molar-refractivity contribution in [1.29, 1.82) is 0 Å². The highest BCUT2D eigenvalue weighted by Gasteiger charge is 2.19. The molecule has 1 atom stereocenters. The molecule has 1 aromatic carbocycles. The molecule has 0 heterocycles. The van der Waals surface area contributed by atoms with E-state index in [0.29, 0.717) is 17.5 Å². The lowest BCUT2D eigenvalue weighted by molar-refractivity contribution is -0.120. The van der Waals surface area contributed by atoms with Crippen LogP contribution >= 0.6 is 0 Å². The Balaban J connectivity index is 2.80. The molecular weight excluding hydrogens is 292 g/mol. The maximum absolute atomic E-state index is 12.2. The zero-order valence-corrected chi connectivity index (χ0v) is 14.0. The van der Waals surface area contributed by atoms with Gasteiger partial charge in [-0.3, -0.25) is 9.59 Å². The molecule has 5 nitrogen and oxygen atoms in total. The van der Waals surface area contributed by atoms with Gasteiger partial charge in [0.15, 0.2) is 0 Å². The molecule has 2 amide bonds. The smallest absolute Gasteiger partial charge is 0.251 e. The van der Waals surface area contributed by atoms with Crippen LogP contribution in [0.15, 0.2) is 24.3 Å². The molecule has 0 aliphatic carbocycles. The van der Waals surface area contributed by atoms with E-state index in [1.807, 2.05) is 13.8 Å². The van der Waals surface area contributed by atoms with Crippen LogP contribution in [0.2, 0.25) is 0 Å². The Kier molecular flexibility index (Phi) is 6.35. The number of hydrogen-bond acceptors (Lipinski definition) is 3. The van der Waals surface area contributed by atoms with Crippen LogP contribution in [0.4, 0.5) is 0 Å². The highest BCUT2D eigenvalue weighted by Crippen LogP contribution is 2.08. The minimum Gasteiger partial charge on any atom is -0.378 e. The predicted octanol–water partition coefficient (Wildman–Crippen LogP) is 1.44. The van der Waals surface area contributed by atoms with Crippen molar-refractivity contribution in [3.8, 4) is 11.8 Å². The molecule has 0 unspecified atom stereocenters. The van der Waals surface area contributed by atoms with Gasteiger partial charge in [0.2, 0.25) is 5.91 Å². The van der Waals surface area contributed by atoms with E-state index in [1.54, 1.807) is 38.1 Å². The van der Waals surface area contributed by atoms with Crippen LogP contribution in [0.25, 0.3) is 0 Å². The van der Waals surface area contributed by atoms with Crippen molar-refractivity contribution in [3.63, 3.8) is 0 Å². The van der Waals surface area contributed by atoms with Gasteiger partial charge in [0.05, 0.1) is 0 Å². The lowest BCUT2D eigenvalue weighted by atomic mass is 10.0. The fourth-order valence-corrected chi connectivity index (χ4v) is 1.89. The van der Waals surface area contributed by atoms with E-state index in [1.165, 1.54) is 0 Å². The second kappa shape index (κ2) is 7.80. The summed E-state index contributed by atoms with van der Waals surface area (Å²) in [4.78, 5) is 23.6. The van der Waals surface area contributed by atoms with Crippen molar-refractivity contribution in [2.45, 2.75) is 45.8 Å². The summed E-state index contributed by atoms with van der Waals surface area (Å²) in [5.74, 6) is 4.88. The summed E-state index contributed by atoms with van der Waals surface area (Å²) >= 11 is 0. The van der Waals surface area contributed by atoms with Crippen LogP contribution in [-0.4, -0.2) is 28.6 Å². The summed E-state index contributed by atoms with van der Waals surface area (Å²) in [5, 5.41) is 12.2. The van der Waals surface area contributed by atoms with Gasteiger partial charge in [0.25, 0.3) is 5.91 Å². The number of hydrogen-bond donors (Lipinski definition) is 3. The molecule has 0 saturated carbocycles. The standard InChI is InChI=1S/C18H24N2O3/c1-12(2)11-15(16(19)21)20-17(22)14-7-5-13(6-8-14)9-10-18(3,4)23/h5-8,12,15,23H,11H2,1-4H3,(H2,19,21)(H,20,22)/t15-/m0/s1. The Labute approximate surface area is 137 Å². The lowest BCUT2D eigenvalue weighted by Crippen LogP contribution is -2.45. The van der Waals surface area contributed by atoms with Crippen molar-refractivity contribution in [2.24, 2.45) is 11.7 Å². The topological polar surface area (TPSA) is 92.4 Å². The molecule has 0 aliphatic heterocycles. The molecule has 0 saturated heterocycles. The number of carbonyl (C=O) groups excluding carboxylic acids is 2. The number of aliphatic hydroxyl groups is 1. The average molecular weight is 316 g/mol. The molecular formula is C18H24N2O3. The number of benzene rings is 1. The molecule has 0 aliphatic rings. The molecule has 1 rings (SSSR count). The first kappa shape index (κ1) is 18.7. The molecule has 4 N–H and O–H groups in total. The molecule has 23 heavy (non-hydrogen) atoms. The highest BCUT2D eigenvalue weighted by atomic mass is 16.3. The number of nitrogens with two attached hydrogens (primary N) is 1. The van der Waals surface area contributed by atoms with Crippen molar-refractivity contribution >= 4 is 11.8 Å². The third-order valence-electron chi connectivity index (χ3n) is 3.02. The zero-order valence-electron chi connectivity index (χ0n) is 14.0. The average Bonchev–Trinajstić information content (AvgIpc) is 2.43. The first-order chi connectivity index (χ1) is 10.6.